The van der Waals surface area contributed by atoms with Gasteiger partial charge in [-0.15, -0.1) is 0 Å². The van der Waals surface area contributed by atoms with E-state index < -0.39 is 11.5 Å². The van der Waals surface area contributed by atoms with Crippen LogP contribution in [0.15, 0.2) is 0 Å². The Balaban J connectivity index is 2.29. The van der Waals surface area contributed by atoms with Crippen LogP contribution in [0.25, 0.3) is 0 Å². The van der Waals surface area contributed by atoms with E-state index in [2.05, 4.69) is 12.2 Å². The SMILES string of the molecule is CCCCOCCCC(CC)(NC1CC1)C(=O)O. The fourth-order valence-corrected chi connectivity index (χ4v) is 2.11. The second kappa shape index (κ2) is 7.74. The number of hydrogen-bond acceptors (Lipinski definition) is 3. The number of hydrogen-bond donors (Lipinski definition) is 2. The summed E-state index contributed by atoms with van der Waals surface area (Å²) in [6.45, 7) is 5.54. The molecule has 0 saturated heterocycles. The van der Waals surface area contributed by atoms with Gasteiger partial charge in [0.25, 0.3) is 0 Å². The summed E-state index contributed by atoms with van der Waals surface area (Å²) in [5.41, 5.74) is -0.741. The van der Waals surface area contributed by atoms with Crippen molar-refractivity contribution in [3.05, 3.63) is 0 Å². The van der Waals surface area contributed by atoms with Gasteiger partial charge in [0.05, 0.1) is 0 Å². The third-order valence-corrected chi connectivity index (χ3v) is 3.61. The zero-order valence-corrected chi connectivity index (χ0v) is 11.7. The fraction of sp³-hybridized carbons (Fsp3) is 0.929. The van der Waals surface area contributed by atoms with Crippen LogP contribution in [0.1, 0.15) is 58.8 Å². The molecule has 1 aliphatic rings. The molecule has 2 N–H and O–H groups in total. The van der Waals surface area contributed by atoms with Gasteiger partial charge in [-0.2, -0.15) is 0 Å². The van der Waals surface area contributed by atoms with Gasteiger partial charge in [0.15, 0.2) is 0 Å². The van der Waals surface area contributed by atoms with Gasteiger partial charge in [-0.25, -0.2) is 0 Å². The molecule has 0 aromatic heterocycles. The van der Waals surface area contributed by atoms with E-state index in [1.807, 2.05) is 6.92 Å². The van der Waals surface area contributed by atoms with E-state index in [0.29, 0.717) is 25.5 Å². The van der Waals surface area contributed by atoms with Gasteiger partial charge in [0, 0.05) is 19.3 Å². The van der Waals surface area contributed by atoms with Gasteiger partial charge < -0.3 is 9.84 Å². The Morgan fingerprint density at radius 1 is 1.33 bits per heavy atom. The van der Waals surface area contributed by atoms with Crippen LogP contribution in [-0.4, -0.2) is 35.9 Å². The summed E-state index contributed by atoms with van der Waals surface area (Å²) < 4.78 is 5.49. The molecule has 0 bridgehead atoms. The van der Waals surface area contributed by atoms with E-state index >= 15 is 0 Å². The lowest BCUT2D eigenvalue weighted by atomic mass is 9.90. The Kier molecular flexibility index (Phi) is 6.65. The highest BCUT2D eigenvalue weighted by molar-refractivity contribution is 5.78. The quantitative estimate of drug-likeness (QED) is 0.559. The number of nitrogens with one attached hydrogen (secondary N) is 1. The molecule has 0 aliphatic heterocycles. The molecule has 0 spiro atoms. The normalized spacial score (nSPS) is 18.6. The highest BCUT2D eigenvalue weighted by atomic mass is 16.5. The number of carbonyl (C=O) groups is 1. The molecule has 1 unspecified atom stereocenters. The van der Waals surface area contributed by atoms with Crippen LogP contribution >= 0.6 is 0 Å². The average molecular weight is 257 g/mol. The summed E-state index contributed by atoms with van der Waals surface area (Å²) in [6, 6.07) is 0.419. The summed E-state index contributed by atoms with van der Waals surface area (Å²) in [5, 5.41) is 12.7. The van der Waals surface area contributed by atoms with Crippen LogP contribution in [0.3, 0.4) is 0 Å². The zero-order valence-electron chi connectivity index (χ0n) is 11.7. The van der Waals surface area contributed by atoms with E-state index in [-0.39, 0.29) is 0 Å². The number of aliphatic carboxylic acids is 1. The van der Waals surface area contributed by atoms with E-state index in [9.17, 15) is 9.90 Å². The van der Waals surface area contributed by atoms with Gasteiger partial charge in [-0.3, -0.25) is 10.1 Å². The average Bonchev–Trinajstić information content (AvgIpc) is 3.15. The first kappa shape index (κ1) is 15.4. The number of unbranched alkanes of at least 4 members (excludes halogenated alkanes) is 1. The van der Waals surface area contributed by atoms with Crippen LogP contribution in [0, 0.1) is 0 Å². The van der Waals surface area contributed by atoms with Crippen LogP contribution in [0.5, 0.6) is 0 Å². The van der Waals surface area contributed by atoms with Crippen molar-refractivity contribution >= 4 is 5.97 Å². The van der Waals surface area contributed by atoms with E-state index in [4.69, 9.17) is 4.74 Å². The van der Waals surface area contributed by atoms with E-state index in [1.165, 1.54) is 0 Å². The van der Waals surface area contributed by atoms with Gasteiger partial charge in [0.1, 0.15) is 5.54 Å². The molecule has 0 amide bonds. The van der Waals surface area contributed by atoms with Crippen molar-refractivity contribution in [2.45, 2.75) is 70.4 Å². The van der Waals surface area contributed by atoms with Crippen molar-refractivity contribution in [1.29, 1.82) is 0 Å². The van der Waals surface area contributed by atoms with Gasteiger partial charge in [-0.05, 0) is 38.5 Å². The Bertz CT molecular complexity index is 253. The molecule has 1 rings (SSSR count). The first-order valence-electron chi connectivity index (χ1n) is 7.23. The Morgan fingerprint density at radius 3 is 2.50 bits per heavy atom. The molecule has 0 aromatic rings. The predicted octanol–water partition coefficient (Wildman–Crippen LogP) is 2.57. The van der Waals surface area contributed by atoms with Crippen LogP contribution in [0.2, 0.25) is 0 Å². The van der Waals surface area contributed by atoms with Crippen molar-refractivity contribution in [2.75, 3.05) is 13.2 Å². The maximum Gasteiger partial charge on any atom is 0.323 e. The topological polar surface area (TPSA) is 58.6 Å². The molecule has 0 heterocycles. The first-order chi connectivity index (χ1) is 8.64. The number of ether oxygens (including phenoxy) is 1. The van der Waals surface area contributed by atoms with Crippen molar-refractivity contribution < 1.29 is 14.6 Å². The lowest BCUT2D eigenvalue weighted by Crippen LogP contribution is -2.52. The maximum atomic E-state index is 11.5. The Morgan fingerprint density at radius 2 is 2.00 bits per heavy atom. The lowest BCUT2D eigenvalue weighted by Gasteiger charge is -2.29. The molecule has 4 nitrogen and oxygen atoms in total. The Labute approximate surface area is 110 Å². The van der Waals surface area contributed by atoms with Crippen molar-refractivity contribution in [2.24, 2.45) is 0 Å². The Hall–Kier alpha value is -0.610. The number of carboxylic acid groups (broad SMARTS) is 1. The van der Waals surface area contributed by atoms with Crippen molar-refractivity contribution in [1.82, 2.24) is 5.32 Å². The smallest absolute Gasteiger partial charge is 0.323 e. The minimum atomic E-state index is -0.741. The molecular formula is C14H27NO3. The highest BCUT2D eigenvalue weighted by Gasteiger charge is 2.40. The van der Waals surface area contributed by atoms with Crippen molar-refractivity contribution in [3.63, 3.8) is 0 Å². The molecule has 1 fully saturated rings. The van der Waals surface area contributed by atoms with Gasteiger partial charge in [-0.1, -0.05) is 20.3 Å². The van der Waals surface area contributed by atoms with Gasteiger partial charge in [0.2, 0.25) is 0 Å². The molecule has 0 aromatic carbocycles. The van der Waals surface area contributed by atoms with E-state index in [1.54, 1.807) is 0 Å². The monoisotopic (exact) mass is 257 g/mol. The summed E-state index contributed by atoms with van der Waals surface area (Å²) >= 11 is 0. The molecule has 0 radical (unpaired) electrons. The van der Waals surface area contributed by atoms with Crippen molar-refractivity contribution in [3.8, 4) is 0 Å². The zero-order chi connectivity index (χ0) is 13.4. The minimum Gasteiger partial charge on any atom is -0.480 e. The third kappa shape index (κ3) is 4.94. The largest absolute Gasteiger partial charge is 0.480 e. The minimum absolute atomic E-state index is 0.419. The molecule has 1 aliphatic carbocycles. The molecule has 1 saturated carbocycles. The van der Waals surface area contributed by atoms with Crippen LogP contribution in [-0.2, 0) is 9.53 Å². The summed E-state index contributed by atoms with van der Waals surface area (Å²) in [7, 11) is 0. The summed E-state index contributed by atoms with van der Waals surface area (Å²) in [5.74, 6) is -0.717. The second-order valence-electron chi connectivity index (χ2n) is 5.23. The van der Waals surface area contributed by atoms with Crippen LogP contribution < -0.4 is 5.32 Å². The molecule has 4 heteroatoms. The summed E-state index contributed by atoms with van der Waals surface area (Å²) in [4.78, 5) is 11.5. The highest BCUT2D eigenvalue weighted by Crippen LogP contribution is 2.27. The van der Waals surface area contributed by atoms with E-state index in [0.717, 1.165) is 38.7 Å². The predicted molar refractivity (Wildman–Crippen MR) is 71.8 cm³/mol. The molecule has 106 valence electrons. The molecule has 18 heavy (non-hydrogen) atoms. The molecular weight excluding hydrogens is 230 g/mol. The van der Waals surface area contributed by atoms with Crippen LogP contribution in [0.4, 0.5) is 0 Å². The molecule has 1 atom stereocenters. The lowest BCUT2D eigenvalue weighted by molar-refractivity contribution is -0.145. The first-order valence-corrected chi connectivity index (χ1v) is 7.23. The standard InChI is InChI=1S/C14H27NO3/c1-3-5-10-18-11-6-9-14(4-2,13(16)17)15-12-7-8-12/h12,15H,3-11H2,1-2H3,(H,16,17). The summed E-state index contributed by atoms with van der Waals surface area (Å²) in [6.07, 6.45) is 6.54. The number of carboxylic acids is 1. The third-order valence-electron chi connectivity index (χ3n) is 3.61. The fourth-order valence-electron chi connectivity index (χ4n) is 2.11. The van der Waals surface area contributed by atoms with Gasteiger partial charge >= 0.3 is 5.97 Å². The second-order valence-corrected chi connectivity index (χ2v) is 5.23. The number of rotatable bonds is 11. The maximum absolute atomic E-state index is 11.5.